The predicted molar refractivity (Wildman–Crippen MR) is 111 cm³/mol. The Kier molecular flexibility index (Phi) is 8.36. The van der Waals surface area contributed by atoms with Crippen molar-refractivity contribution in [2.45, 2.75) is 39.7 Å². The van der Waals surface area contributed by atoms with Gasteiger partial charge in [0.05, 0.1) is 0 Å². The Morgan fingerprint density at radius 2 is 2.00 bits per heavy atom. The molecule has 2 rings (SSSR count). The van der Waals surface area contributed by atoms with Crippen molar-refractivity contribution in [1.82, 2.24) is 20.5 Å². The molecule has 0 saturated carbocycles. The molecule has 2 N–H and O–H groups in total. The maximum atomic E-state index is 11.5. The highest BCUT2D eigenvalue weighted by Crippen LogP contribution is 2.20. The second kappa shape index (κ2) is 10.7. The second-order valence-corrected chi connectivity index (χ2v) is 6.91. The van der Waals surface area contributed by atoms with Crippen molar-refractivity contribution >= 4 is 17.7 Å². The Labute approximate surface area is 163 Å². The third kappa shape index (κ3) is 6.12. The van der Waals surface area contributed by atoms with Crippen LogP contribution >= 0.6 is 0 Å². The van der Waals surface area contributed by atoms with Crippen molar-refractivity contribution in [3.63, 3.8) is 0 Å². The Bertz CT molecular complexity index is 603. The highest BCUT2D eigenvalue weighted by atomic mass is 16.1. The number of carbonyl (C=O) groups excluding carboxylic acids is 1. The van der Waals surface area contributed by atoms with E-state index in [0.29, 0.717) is 18.9 Å². The highest BCUT2D eigenvalue weighted by molar-refractivity contribution is 5.80. The number of aliphatic imine (C=N–C) groups is 1. The molecule has 1 amide bonds. The second-order valence-electron chi connectivity index (χ2n) is 6.91. The fraction of sp³-hybridized carbons (Fsp3) is 0.650. The van der Waals surface area contributed by atoms with Crippen LogP contribution in [0.5, 0.6) is 0 Å². The van der Waals surface area contributed by atoms with Gasteiger partial charge >= 0.3 is 0 Å². The summed E-state index contributed by atoms with van der Waals surface area (Å²) in [5, 5.41) is 6.16. The van der Waals surface area contributed by atoms with E-state index < -0.39 is 0 Å². The number of rotatable bonds is 7. The van der Waals surface area contributed by atoms with Crippen LogP contribution in [0.3, 0.4) is 0 Å². The van der Waals surface area contributed by atoms with Crippen molar-refractivity contribution in [1.29, 1.82) is 0 Å². The van der Waals surface area contributed by atoms with Crippen molar-refractivity contribution in [3.8, 4) is 0 Å². The van der Waals surface area contributed by atoms with Crippen LogP contribution in [0.4, 0.5) is 5.82 Å². The van der Waals surface area contributed by atoms with Gasteiger partial charge in [0.15, 0.2) is 5.96 Å². The van der Waals surface area contributed by atoms with Crippen molar-refractivity contribution in [3.05, 3.63) is 23.9 Å². The van der Waals surface area contributed by atoms with Crippen LogP contribution in [-0.2, 0) is 11.3 Å². The smallest absolute Gasteiger partial charge is 0.220 e. The van der Waals surface area contributed by atoms with E-state index in [1.54, 1.807) is 7.05 Å². The maximum Gasteiger partial charge on any atom is 0.220 e. The number of pyridine rings is 1. The summed E-state index contributed by atoms with van der Waals surface area (Å²) < 4.78 is 0. The number of aromatic nitrogens is 1. The van der Waals surface area contributed by atoms with Gasteiger partial charge in [0, 0.05) is 59.4 Å². The zero-order chi connectivity index (χ0) is 19.6. The summed E-state index contributed by atoms with van der Waals surface area (Å²) in [5.74, 6) is 2.54. The summed E-state index contributed by atoms with van der Waals surface area (Å²) in [7, 11) is 3.52. The first-order valence-corrected chi connectivity index (χ1v) is 9.97. The van der Waals surface area contributed by atoms with Crippen LogP contribution in [0.2, 0.25) is 0 Å². The molecule has 1 saturated heterocycles. The number of carbonyl (C=O) groups is 1. The van der Waals surface area contributed by atoms with Gasteiger partial charge in [0.2, 0.25) is 5.91 Å². The number of hydrogen-bond acceptors (Lipinski definition) is 4. The molecule has 0 unspecified atom stereocenters. The van der Waals surface area contributed by atoms with Crippen molar-refractivity contribution in [2.75, 3.05) is 45.2 Å². The molecule has 7 nitrogen and oxygen atoms in total. The van der Waals surface area contributed by atoms with E-state index >= 15 is 0 Å². The van der Waals surface area contributed by atoms with Gasteiger partial charge < -0.3 is 20.4 Å². The van der Waals surface area contributed by atoms with Gasteiger partial charge in [-0.1, -0.05) is 6.07 Å². The fourth-order valence-corrected chi connectivity index (χ4v) is 3.48. The van der Waals surface area contributed by atoms with Crippen LogP contribution in [0, 0.1) is 5.92 Å². The maximum absolute atomic E-state index is 11.5. The average Bonchev–Trinajstić information content (AvgIpc) is 2.71. The normalized spacial score (nSPS) is 15.6. The van der Waals surface area contributed by atoms with Gasteiger partial charge in [-0.15, -0.1) is 0 Å². The van der Waals surface area contributed by atoms with Gasteiger partial charge in [0.1, 0.15) is 5.82 Å². The summed E-state index contributed by atoms with van der Waals surface area (Å²) >= 11 is 0. The molecule has 0 aliphatic carbocycles. The van der Waals surface area contributed by atoms with Crippen LogP contribution in [0.15, 0.2) is 23.3 Å². The standard InChI is InChI=1S/C20H34N6O/c1-5-25(6-2)18-8-7-17(14-23-18)15-24-20(22-4)26-11-9-16(10-12-26)13-19(27)21-3/h7-8,14,16H,5-6,9-13,15H2,1-4H3,(H,21,27)(H,22,24). The monoisotopic (exact) mass is 374 g/mol. The zero-order valence-electron chi connectivity index (χ0n) is 17.2. The van der Waals surface area contributed by atoms with Crippen LogP contribution in [-0.4, -0.2) is 62.0 Å². The Morgan fingerprint density at radius 3 is 2.52 bits per heavy atom. The molecule has 1 aromatic rings. The predicted octanol–water partition coefficient (Wildman–Crippen LogP) is 1.85. The van der Waals surface area contributed by atoms with Crippen LogP contribution < -0.4 is 15.5 Å². The molecule has 1 aliphatic heterocycles. The summed E-state index contributed by atoms with van der Waals surface area (Å²) in [4.78, 5) is 25.1. The summed E-state index contributed by atoms with van der Waals surface area (Å²) in [6.07, 6.45) is 4.60. The van der Waals surface area contributed by atoms with Gasteiger partial charge in [0.25, 0.3) is 0 Å². The number of piperidine rings is 1. The number of nitrogens with one attached hydrogen (secondary N) is 2. The third-order valence-electron chi connectivity index (χ3n) is 5.23. The highest BCUT2D eigenvalue weighted by Gasteiger charge is 2.23. The van der Waals surface area contributed by atoms with E-state index in [-0.39, 0.29) is 5.91 Å². The van der Waals surface area contributed by atoms with Gasteiger partial charge in [-0.2, -0.15) is 0 Å². The summed E-state index contributed by atoms with van der Waals surface area (Å²) in [5.41, 5.74) is 1.14. The number of anilines is 1. The molecular weight excluding hydrogens is 340 g/mol. The van der Waals surface area contributed by atoms with E-state index in [2.05, 4.69) is 56.4 Å². The van der Waals surface area contributed by atoms with Gasteiger partial charge in [-0.25, -0.2) is 4.98 Å². The molecule has 150 valence electrons. The van der Waals surface area contributed by atoms with E-state index in [1.807, 2.05) is 13.2 Å². The van der Waals surface area contributed by atoms with Crippen molar-refractivity contribution < 1.29 is 4.79 Å². The molecular formula is C20H34N6O. The molecule has 1 fully saturated rings. The first kappa shape index (κ1) is 21.0. The quantitative estimate of drug-likeness (QED) is 0.563. The molecule has 1 aliphatic rings. The number of nitrogens with zero attached hydrogens (tertiary/aromatic N) is 4. The molecule has 0 radical (unpaired) electrons. The Hall–Kier alpha value is -2.31. The Morgan fingerprint density at radius 1 is 1.30 bits per heavy atom. The summed E-state index contributed by atoms with van der Waals surface area (Å²) in [6.45, 7) is 8.77. The van der Waals surface area contributed by atoms with Crippen molar-refractivity contribution in [2.24, 2.45) is 10.9 Å². The molecule has 2 heterocycles. The number of hydrogen-bond donors (Lipinski definition) is 2. The number of guanidine groups is 1. The van der Waals surface area contributed by atoms with Gasteiger partial charge in [-0.3, -0.25) is 9.79 Å². The first-order chi connectivity index (χ1) is 13.1. The van der Waals surface area contributed by atoms with E-state index in [1.165, 1.54) is 0 Å². The lowest BCUT2D eigenvalue weighted by atomic mass is 9.93. The molecule has 0 bridgehead atoms. The van der Waals surface area contributed by atoms with Crippen LogP contribution in [0.25, 0.3) is 0 Å². The molecule has 7 heteroatoms. The molecule has 0 atom stereocenters. The van der Waals surface area contributed by atoms with E-state index in [0.717, 1.165) is 56.4 Å². The average molecular weight is 375 g/mol. The minimum Gasteiger partial charge on any atom is -0.359 e. The Balaban J connectivity index is 1.83. The minimum absolute atomic E-state index is 0.136. The molecule has 27 heavy (non-hydrogen) atoms. The SMILES string of the molecule is CCN(CC)c1ccc(CNC(=NC)N2CCC(CC(=O)NC)CC2)cn1. The van der Waals surface area contributed by atoms with Gasteiger partial charge in [-0.05, 0) is 44.2 Å². The third-order valence-corrected chi connectivity index (χ3v) is 5.23. The van der Waals surface area contributed by atoms with E-state index in [4.69, 9.17) is 0 Å². The largest absolute Gasteiger partial charge is 0.359 e. The topological polar surface area (TPSA) is 72.9 Å². The fourth-order valence-electron chi connectivity index (χ4n) is 3.48. The lowest BCUT2D eigenvalue weighted by molar-refractivity contribution is -0.121. The number of amides is 1. The van der Waals surface area contributed by atoms with E-state index in [9.17, 15) is 4.79 Å². The van der Waals surface area contributed by atoms with Crippen LogP contribution in [0.1, 0.15) is 38.7 Å². The lowest BCUT2D eigenvalue weighted by Gasteiger charge is -2.34. The minimum atomic E-state index is 0.136. The lowest BCUT2D eigenvalue weighted by Crippen LogP contribution is -2.45. The first-order valence-electron chi connectivity index (χ1n) is 9.97. The summed E-state index contributed by atoms with van der Waals surface area (Å²) in [6, 6.07) is 4.20. The zero-order valence-corrected chi connectivity index (χ0v) is 17.2. The molecule has 0 aromatic carbocycles. The molecule has 0 spiro atoms. The number of likely N-dealkylation sites (tertiary alicyclic amines) is 1. The molecule has 1 aromatic heterocycles.